The summed E-state index contributed by atoms with van der Waals surface area (Å²) in [5, 5.41) is 9.54. The van der Waals surface area contributed by atoms with Gasteiger partial charge < -0.3 is 5.32 Å². The maximum Gasteiger partial charge on any atom is 0.250 e. The highest BCUT2D eigenvalue weighted by molar-refractivity contribution is 7.91. The van der Waals surface area contributed by atoms with Crippen molar-refractivity contribution < 1.29 is 13.2 Å². The van der Waals surface area contributed by atoms with E-state index in [1.54, 1.807) is 48.4 Å². The summed E-state index contributed by atoms with van der Waals surface area (Å²) in [5.41, 5.74) is 1.22. The highest BCUT2D eigenvalue weighted by atomic mass is 32.2. The van der Waals surface area contributed by atoms with Gasteiger partial charge in [0.05, 0.1) is 18.1 Å². The molecule has 10 heteroatoms. The minimum absolute atomic E-state index is 0.169. The summed E-state index contributed by atoms with van der Waals surface area (Å²) < 4.78 is 29.5. The van der Waals surface area contributed by atoms with Crippen LogP contribution in [0.15, 0.2) is 40.2 Å². The van der Waals surface area contributed by atoms with Gasteiger partial charge in [-0.05, 0) is 37.3 Å². The number of thiophene rings is 1. The number of carbonyl (C=O) groups excluding carboxylic acids is 1. The summed E-state index contributed by atoms with van der Waals surface area (Å²) in [5.74, 6) is -0.678. The first-order valence-corrected chi connectivity index (χ1v) is 11.3. The van der Waals surface area contributed by atoms with E-state index in [0.29, 0.717) is 5.69 Å². The fourth-order valence-electron chi connectivity index (χ4n) is 2.74. The first-order valence-electron chi connectivity index (χ1n) is 8.89. The maximum absolute atomic E-state index is 12.8. The Hall–Kier alpha value is -2.30. The number of rotatable bonds is 7. The van der Waals surface area contributed by atoms with Crippen LogP contribution in [-0.2, 0) is 14.8 Å². The molecule has 1 atom stereocenters. The van der Waals surface area contributed by atoms with Gasteiger partial charge in [0.1, 0.15) is 10.3 Å². The zero-order valence-electron chi connectivity index (χ0n) is 16.1. The fourth-order valence-corrected chi connectivity index (χ4v) is 5.09. The number of anilines is 1. The number of aromatic nitrogens is 3. The van der Waals surface area contributed by atoms with E-state index in [4.69, 9.17) is 0 Å². The molecule has 0 bridgehead atoms. The van der Waals surface area contributed by atoms with E-state index in [-0.39, 0.29) is 16.2 Å². The second-order valence-electron chi connectivity index (χ2n) is 7.08. The third-order valence-electron chi connectivity index (χ3n) is 4.18. The van der Waals surface area contributed by atoms with Crippen molar-refractivity contribution in [2.24, 2.45) is 5.92 Å². The van der Waals surface area contributed by atoms with Crippen LogP contribution >= 0.6 is 11.3 Å². The number of carbonyl (C=O) groups is 1. The van der Waals surface area contributed by atoms with Gasteiger partial charge in [0.25, 0.3) is 10.0 Å². The molecule has 28 heavy (non-hydrogen) atoms. The van der Waals surface area contributed by atoms with Gasteiger partial charge >= 0.3 is 0 Å². The van der Waals surface area contributed by atoms with Gasteiger partial charge in [-0.2, -0.15) is 9.82 Å². The van der Waals surface area contributed by atoms with Crippen LogP contribution in [0.5, 0.6) is 0 Å². The lowest BCUT2D eigenvalue weighted by atomic mass is 10.0. The third-order valence-corrected chi connectivity index (χ3v) is 7.02. The van der Waals surface area contributed by atoms with E-state index in [1.807, 2.05) is 13.8 Å². The molecule has 0 fully saturated rings. The lowest BCUT2D eigenvalue weighted by Gasteiger charge is -2.21. The van der Waals surface area contributed by atoms with Crippen molar-refractivity contribution in [1.29, 1.82) is 0 Å². The van der Waals surface area contributed by atoms with Gasteiger partial charge in [-0.15, -0.1) is 11.3 Å². The molecule has 0 radical (unpaired) electrons. The van der Waals surface area contributed by atoms with Crippen LogP contribution in [0.25, 0.3) is 11.0 Å². The van der Waals surface area contributed by atoms with Gasteiger partial charge in [0.15, 0.2) is 5.65 Å². The van der Waals surface area contributed by atoms with E-state index < -0.39 is 22.0 Å². The predicted molar refractivity (Wildman–Crippen MR) is 110 cm³/mol. The van der Waals surface area contributed by atoms with Crippen LogP contribution in [0.1, 0.15) is 33.7 Å². The molecular formula is C18H23N5O3S2. The van der Waals surface area contributed by atoms with Gasteiger partial charge in [-0.1, -0.05) is 19.9 Å². The fraction of sp³-hybridized carbons (Fsp3) is 0.389. The molecule has 3 aromatic heterocycles. The van der Waals surface area contributed by atoms with Crippen molar-refractivity contribution in [1.82, 2.24) is 19.5 Å². The van der Waals surface area contributed by atoms with Crippen molar-refractivity contribution >= 4 is 44.0 Å². The lowest BCUT2D eigenvalue weighted by Crippen LogP contribution is -2.46. The monoisotopic (exact) mass is 421 g/mol. The summed E-state index contributed by atoms with van der Waals surface area (Å²) in [4.78, 5) is 17.2. The van der Waals surface area contributed by atoms with Crippen molar-refractivity contribution in [3.63, 3.8) is 0 Å². The van der Waals surface area contributed by atoms with Crippen LogP contribution in [-0.4, -0.2) is 35.1 Å². The topological polar surface area (TPSA) is 106 Å². The Morgan fingerprint density at radius 1 is 1.21 bits per heavy atom. The predicted octanol–water partition coefficient (Wildman–Crippen LogP) is 3.02. The van der Waals surface area contributed by atoms with Crippen molar-refractivity contribution in [2.75, 3.05) is 5.32 Å². The number of hydrogen-bond acceptors (Lipinski definition) is 6. The molecule has 3 heterocycles. The van der Waals surface area contributed by atoms with Crippen LogP contribution < -0.4 is 10.0 Å². The van der Waals surface area contributed by atoms with E-state index in [1.165, 1.54) is 6.07 Å². The number of nitrogens with one attached hydrogen (secondary N) is 2. The number of nitrogens with zero attached hydrogens (tertiary/aromatic N) is 3. The Morgan fingerprint density at radius 2 is 1.96 bits per heavy atom. The third kappa shape index (κ3) is 4.23. The van der Waals surface area contributed by atoms with Gasteiger partial charge in [0.2, 0.25) is 5.91 Å². The summed E-state index contributed by atoms with van der Waals surface area (Å²) in [6.45, 7) is 7.60. The highest BCUT2D eigenvalue weighted by Gasteiger charge is 2.29. The van der Waals surface area contributed by atoms with Crippen LogP contribution in [0.4, 0.5) is 5.69 Å². The van der Waals surface area contributed by atoms with Crippen LogP contribution in [0, 0.1) is 5.92 Å². The molecule has 150 valence electrons. The van der Waals surface area contributed by atoms with Crippen LogP contribution in [0.3, 0.4) is 0 Å². The van der Waals surface area contributed by atoms with Gasteiger partial charge in [-0.25, -0.2) is 18.1 Å². The Balaban J connectivity index is 1.80. The molecule has 0 aliphatic carbocycles. The lowest BCUT2D eigenvalue weighted by molar-refractivity contribution is -0.118. The number of fused-ring (bicyclic) bond motifs is 1. The van der Waals surface area contributed by atoms with E-state index in [0.717, 1.165) is 22.4 Å². The van der Waals surface area contributed by atoms with E-state index in [2.05, 4.69) is 20.1 Å². The highest BCUT2D eigenvalue weighted by Crippen LogP contribution is 2.21. The van der Waals surface area contributed by atoms with Gasteiger partial charge in [-0.3, -0.25) is 4.79 Å². The quantitative estimate of drug-likeness (QED) is 0.610. The summed E-state index contributed by atoms with van der Waals surface area (Å²) >= 11 is 1.10. The molecule has 1 amide bonds. The van der Waals surface area contributed by atoms with E-state index in [9.17, 15) is 13.2 Å². The average Bonchev–Trinajstić information content (AvgIpc) is 3.29. The molecular weight excluding hydrogens is 398 g/mol. The first kappa shape index (κ1) is 20.4. The zero-order valence-corrected chi connectivity index (χ0v) is 17.7. The second-order valence-corrected chi connectivity index (χ2v) is 9.97. The van der Waals surface area contributed by atoms with Crippen molar-refractivity contribution in [3.8, 4) is 0 Å². The molecule has 0 spiro atoms. The number of hydrogen-bond donors (Lipinski definition) is 2. The minimum atomic E-state index is -3.76. The number of sulfonamides is 1. The number of amides is 1. The molecule has 3 aromatic rings. The second kappa shape index (κ2) is 7.98. The van der Waals surface area contributed by atoms with Crippen molar-refractivity contribution in [2.45, 2.75) is 44.0 Å². The smallest absolute Gasteiger partial charge is 0.250 e. The Bertz CT molecular complexity index is 1070. The summed E-state index contributed by atoms with van der Waals surface area (Å²) in [6, 6.07) is 4.19. The Morgan fingerprint density at radius 3 is 2.57 bits per heavy atom. The minimum Gasteiger partial charge on any atom is -0.323 e. The average molecular weight is 422 g/mol. The maximum atomic E-state index is 12.8. The largest absolute Gasteiger partial charge is 0.323 e. The summed E-state index contributed by atoms with van der Waals surface area (Å²) in [6.07, 6.45) is 3.24. The Kier molecular flexibility index (Phi) is 5.82. The zero-order chi connectivity index (χ0) is 20.5. The van der Waals surface area contributed by atoms with Crippen LogP contribution in [0.2, 0.25) is 0 Å². The van der Waals surface area contributed by atoms with Gasteiger partial charge in [0, 0.05) is 11.4 Å². The first-order chi connectivity index (χ1) is 13.2. The molecule has 0 aromatic carbocycles. The molecule has 0 aliphatic rings. The molecule has 0 unspecified atom stereocenters. The normalized spacial score (nSPS) is 13.4. The Labute approximate surface area is 168 Å². The van der Waals surface area contributed by atoms with E-state index >= 15 is 0 Å². The molecule has 0 saturated carbocycles. The molecule has 3 rings (SSSR count). The number of pyridine rings is 1. The molecule has 2 N–H and O–H groups in total. The standard InChI is InChI=1S/C18H23N5O3S2/c1-11(2)16(22-28(25,26)15-6-5-7-27-15)18(24)21-14-8-13-9-20-23(12(3)4)17(13)19-10-14/h5-12,16,22H,1-4H3,(H,21,24)/t16-/m1/s1. The molecule has 8 nitrogen and oxygen atoms in total. The summed E-state index contributed by atoms with van der Waals surface area (Å²) in [7, 11) is -3.76. The molecule has 0 aliphatic heterocycles. The van der Waals surface area contributed by atoms with Crippen molar-refractivity contribution in [3.05, 3.63) is 36.0 Å². The SMILES string of the molecule is CC(C)[C@@H](NS(=O)(=O)c1cccs1)C(=O)Nc1cnc2c(cnn2C(C)C)c1. The molecule has 0 saturated heterocycles.